The van der Waals surface area contributed by atoms with Crippen molar-refractivity contribution in [3.63, 3.8) is 0 Å². The quantitative estimate of drug-likeness (QED) is 0.859. The first-order valence-corrected chi connectivity index (χ1v) is 8.16. The van der Waals surface area contributed by atoms with E-state index in [9.17, 15) is 9.59 Å². The van der Waals surface area contributed by atoms with Crippen LogP contribution >= 0.6 is 0 Å². The number of rotatable bonds is 6. The Balaban J connectivity index is 1.94. The highest BCUT2D eigenvalue weighted by Gasteiger charge is 2.31. The molecule has 122 valence electrons. The Bertz CT molecular complexity index is 794. The summed E-state index contributed by atoms with van der Waals surface area (Å²) in [7, 11) is 0. The fraction of sp³-hybridized carbons (Fsp3) is 0.200. The van der Waals surface area contributed by atoms with Crippen LogP contribution in [0, 0.1) is 0 Å². The smallest absolute Gasteiger partial charge is 0.211 e. The van der Waals surface area contributed by atoms with Crippen LogP contribution in [0.15, 0.2) is 66.0 Å². The Morgan fingerprint density at radius 2 is 1.29 bits per heavy atom. The highest BCUT2D eigenvalue weighted by Crippen LogP contribution is 2.24. The lowest BCUT2D eigenvalue weighted by Gasteiger charge is -2.22. The van der Waals surface area contributed by atoms with Crippen LogP contribution in [0.3, 0.4) is 0 Å². The number of ketones is 2. The van der Waals surface area contributed by atoms with Crippen molar-refractivity contribution in [3.8, 4) is 0 Å². The zero-order valence-electron chi connectivity index (χ0n) is 13.6. The van der Waals surface area contributed by atoms with E-state index in [4.69, 9.17) is 0 Å². The van der Waals surface area contributed by atoms with Gasteiger partial charge in [-0.05, 0) is 12.0 Å². The van der Waals surface area contributed by atoms with Crippen LogP contribution in [0.2, 0.25) is 0 Å². The van der Waals surface area contributed by atoms with Gasteiger partial charge in [0.05, 0.1) is 0 Å². The molecule has 0 aliphatic heterocycles. The first-order valence-electron chi connectivity index (χ1n) is 8.16. The molecule has 24 heavy (non-hydrogen) atoms. The highest BCUT2D eigenvalue weighted by molar-refractivity contribution is 6.26. The van der Waals surface area contributed by atoms with Crippen molar-refractivity contribution in [2.45, 2.75) is 19.9 Å². The van der Waals surface area contributed by atoms with Gasteiger partial charge in [0.1, 0.15) is 11.4 Å². The van der Waals surface area contributed by atoms with Crippen molar-refractivity contribution in [1.29, 1.82) is 0 Å². The monoisotopic (exact) mass is 320 g/mol. The molecular weight excluding hydrogens is 300 g/mol. The SMILES string of the molecule is CCCNC1=C(NCc2ccccc2)C(=O)c2ccccc2C1=O. The van der Waals surface area contributed by atoms with Crippen LogP contribution in [0.5, 0.6) is 0 Å². The molecule has 3 rings (SSSR count). The predicted octanol–water partition coefficient (Wildman–Crippen LogP) is 3.07. The second-order valence-electron chi connectivity index (χ2n) is 5.72. The Hall–Kier alpha value is -2.88. The molecule has 0 bridgehead atoms. The van der Waals surface area contributed by atoms with E-state index in [2.05, 4.69) is 10.6 Å². The zero-order valence-corrected chi connectivity index (χ0v) is 13.6. The number of allylic oxidation sites excluding steroid dienone is 2. The van der Waals surface area contributed by atoms with Crippen molar-refractivity contribution >= 4 is 11.6 Å². The average molecular weight is 320 g/mol. The second kappa shape index (κ2) is 7.13. The summed E-state index contributed by atoms with van der Waals surface area (Å²) in [4.78, 5) is 25.6. The Labute approximate surface area is 141 Å². The number of carbonyl (C=O) groups is 2. The summed E-state index contributed by atoms with van der Waals surface area (Å²) in [5.41, 5.74) is 2.71. The highest BCUT2D eigenvalue weighted by atomic mass is 16.1. The summed E-state index contributed by atoms with van der Waals surface area (Å²) < 4.78 is 0. The number of fused-ring (bicyclic) bond motifs is 1. The molecule has 0 radical (unpaired) electrons. The Morgan fingerprint density at radius 3 is 1.88 bits per heavy atom. The lowest BCUT2D eigenvalue weighted by Crippen LogP contribution is -2.36. The van der Waals surface area contributed by atoms with Crippen LogP contribution < -0.4 is 10.6 Å². The van der Waals surface area contributed by atoms with E-state index in [-0.39, 0.29) is 11.6 Å². The summed E-state index contributed by atoms with van der Waals surface area (Å²) in [6, 6.07) is 16.8. The molecule has 0 amide bonds. The average Bonchev–Trinajstić information content (AvgIpc) is 2.63. The van der Waals surface area contributed by atoms with E-state index in [0.29, 0.717) is 35.6 Å². The molecule has 0 aromatic heterocycles. The normalized spacial score (nSPS) is 13.7. The lowest BCUT2D eigenvalue weighted by atomic mass is 9.90. The number of hydrogen-bond donors (Lipinski definition) is 2. The molecule has 0 saturated heterocycles. The Kier molecular flexibility index (Phi) is 4.75. The number of nitrogens with one attached hydrogen (secondary N) is 2. The van der Waals surface area contributed by atoms with Gasteiger partial charge in [-0.3, -0.25) is 9.59 Å². The standard InChI is InChI=1S/C20H20N2O2/c1-2-12-21-17-18(22-13-14-8-4-3-5-9-14)20(24)16-11-7-6-10-15(16)19(17)23/h3-11,21-22H,2,12-13H2,1H3. The minimum absolute atomic E-state index is 0.130. The van der Waals surface area contributed by atoms with Gasteiger partial charge in [-0.2, -0.15) is 0 Å². The van der Waals surface area contributed by atoms with Gasteiger partial charge in [0, 0.05) is 24.2 Å². The number of benzene rings is 2. The molecular formula is C20H20N2O2. The minimum Gasteiger partial charge on any atom is -0.380 e. The van der Waals surface area contributed by atoms with E-state index in [0.717, 1.165) is 12.0 Å². The molecule has 0 atom stereocenters. The van der Waals surface area contributed by atoms with Gasteiger partial charge >= 0.3 is 0 Å². The van der Waals surface area contributed by atoms with Gasteiger partial charge in [0.25, 0.3) is 0 Å². The molecule has 4 nitrogen and oxygen atoms in total. The van der Waals surface area contributed by atoms with Gasteiger partial charge in [-0.1, -0.05) is 61.5 Å². The summed E-state index contributed by atoms with van der Waals surface area (Å²) in [5, 5.41) is 6.29. The molecule has 4 heteroatoms. The first kappa shape index (κ1) is 16.0. The summed E-state index contributed by atoms with van der Waals surface area (Å²) in [6.07, 6.45) is 0.874. The van der Waals surface area contributed by atoms with Crippen molar-refractivity contribution in [2.24, 2.45) is 0 Å². The minimum atomic E-state index is -0.139. The number of hydrogen-bond acceptors (Lipinski definition) is 4. The fourth-order valence-electron chi connectivity index (χ4n) is 2.75. The maximum Gasteiger partial charge on any atom is 0.211 e. The fourth-order valence-corrected chi connectivity index (χ4v) is 2.75. The van der Waals surface area contributed by atoms with Crippen molar-refractivity contribution < 1.29 is 9.59 Å². The van der Waals surface area contributed by atoms with Gasteiger partial charge in [-0.25, -0.2) is 0 Å². The summed E-state index contributed by atoms with van der Waals surface area (Å²) >= 11 is 0. The van der Waals surface area contributed by atoms with Crippen LogP contribution in [-0.4, -0.2) is 18.1 Å². The summed E-state index contributed by atoms with van der Waals surface area (Å²) in [5.74, 6) is -0.269. The number of carbonyl (C=O) groups excluding carboxylic acids is 2. The first-order chi connectivity index (χ1) is 11.7. The van der Waals surface area contributed by atoms with E-state index in [1.807, 2.05) is 37.3 Å². The third-order valence-electron chi connectivity index (χ3n) is 3.98. The Morgan fingerprint density at radius 1 is 0.750 bits per heavy atom. The maximum atomic E-state index is 12.8. The lowest BCUT2D eigenvalue weighted by molar-refractivity contribution is 0.0962. The molecule has 2 N–H and O–H groups in total. The largest absolute Gasteiger partial charge is 0.380 e. The number of Topliss-reactive ketones (excluding diaryl/α,β-unsaturated/α-hetero) is 2. The van der Waals surface area contributed by atoms with Crippen LogP contribution in [0.25, 0.3) is 0 Å². The molecule has 1 aliphatic rings. The van der Waals surface area contributed by atoms with Crippen LogP contribution in [-0.2, 0) is 6.54 Å². The summed E-state index contributed by atoms with van der Waals surface area (Å²) in [6.45, 7) is 3.16. The third kappa shape index (κ3) is 3.08. The van der Waals surface area contributed by atoms with Crippen LogP contribution in [0.1, 0.15) is 39.6 Å². The van der Waals surface area contributed by atoms with Gasteiger partial charge in [-0.15, -0.1) is 0 Å². The van der Waals surface area contributed by atoms with E-state index in [1.165, 1.54) is 0 Å². The molecule has 2 aromatic carbocycles. The van der Waals surface area contributed by atoms with Crippen molar-refractivity contribution in [2.75, 3.05) is 6.54 Å². The van der Waals surface area contributed by atoms with Crippen LogP contribution in [0.4, 0.5) is 0 Å². The third-order valence-corrected chi connectivity index (χ3v) is 3.98. The van der Waals surface area contributed by atoms with E-state index >= 15 is 0 Å². The van der Waals surface area contributed by atoms with Gasteiger partial charge in [0.2, 0.25) is 11.6 Å². The molecule has 2 aromatic rings. The molecule has 0 fully saturated rings. The zero-order chi connectivity index (χ0) is 16.9. The maximum absolute atomic E-state index is 12.8. The van der Waals surface area contributed by atoms with Crippen molar-refractivity contribution in [1.82, 2.24) is 10.6 Å². The predicted molar refractivity (Wildman–Crippen MR) is 93.7 cm³/mol. The molecule has 0 heterocycles. The molecule has 1 aliphatic carbocycles. The molecule has 0 unspecified atom stereocenters. The van der Waals surface area contributed by atoms with E-state index < -0.39 is 0 Å². The molecule has 0 saturated carbocycles. The van der Waals surface area contributed by atoms with Crippen molar-refractivity contribution in [3.05, 3.63) is 82.7 Å². The van der Waals surface area contributed by atoms with Gasteiger partial charge < -0.3 is 10.6 Å². The van der Waals surface area contributed by atoms with E-state index in [1.54, 1.807) is 24.3 Å². The topological polar surface area (TPSA) is 58.2 Å². The second-order valence-corrected chi connectivity index (χ2v) is 5.72. The van der Waals surface area contributed by atoms with Gasteiger partial charge in [0.15, 0.2) is 0 Å². The molecule has 0 spiro atoms.